The molecule has 2 aromatic carbocycles. The molecule has 1 fully saturated rings. The van der Waals surface area contributed by atoms with Gasteiger partial charge in [0.25, 0.3) is 0 Å². The van der Waals surface area contributed by atoms with Gasteiger partial charge in [-0.3, -0.25) is 4.79 Å². The van der Waals surface area contributed by atoms with Crippen molar-refractivity contribution in [2.45, 2.75) is 32.2 Å². The molecular weight excluding hydrogens is 333 g/mol. The minimum absolute atomic E-state index is 0.0243. The average Bonchev–Trinajstić information content (AvgIpc) is 3.01. The highest BCUT2D eigenvalue weighted by Gasteiger charge is 2.35. The Morgan fingerprint density at radius 2 is 1.96 bits per heavy atom. The minimum Gasteiger partial charge on any atom is -0.478 e. The van der Waals surface area contributed by atoms with Crippen LogP contribution in [0.4, 0.5) is 4.39 Å². The van der Waals surface area contributed by atoms with Gasteiger partial charge in [0.2, 0.25) is 5.91 Å². The second-order valence-electron chi connectivity index (χ2n) is 6.82. The number of hydrogen-bond donors (Lipinski definition) is 1. The highest BCUT2D eigenvalue weighted by molar-refractivity contribution is 5.89. The Labute approximate surface area is 152 Å². The predicted molar refractivity (Wildman–Crippen MR) is 96.4 cm³/mol. The van der Waals surface area contributed by atoms with Gasteiger partial charge in [-0.1, -0.05) is 37.3 Å². The molecule has 0 saturated carbocycles. The van der Waals surface area contributed by atoms with Gasteiger partial charge in [0, 0.05) is 13.0 Å². The molecule has 5 heteroatoms. The van der Waals surface area contributed by atoms with Crippen LogP contribution in [0.2, 0.25) is 0 Å². The number of amides is 1. The van der Waals surface area contributed by atoms with E-state index >= 15 is 0 Å². The average molecular weight is 355 g/mol. The number of carboxylic acid groups (broad SMARTS) is 1. The van der Waals surface area contributed by atoms with Crippen LogP contribution >= 0.6 is 0 Å². The normalized spacial score (nSPS) is 19.5. The molecule has 1 saturated heterocycles. The molecule has 0 aliphatic carbocycles. The number of rotatable bonds is 5. The van der Waals surface area contributed by atoms with Gasteiger partial charge in [-0.15, -0.1) is 0 Å². The quantitative estimate of drug-likeness (QED) is 0.880. The molecule has 0 radical (unpaired) electrons. The molecule has 3 rings (SSSR count). The molecule has 2 aromatic rings. The Morgan fingerprint density at radius 1 is 1.19 bits per heavy atom. The lowest BCUT2D eigenvalue weighted by molar-refractivity contribution is -0.132. The van der Waals surface area contributed by atoms with Crippen LogP contribution in [0, 0.1) is 11.7 Å². The van der Waals surface area contributed by atoms with Crippen molar-refractivity contribution in [2.24, 2.45) is 5.92 Å². The first-order valence-electron chi connectivity index (χ1n) is 8.83. The molecule has 1 aliphatic rings. The van der Waals surface area contributed by atoms with E-state index in [1.165, 1.54) is 12.1 Å². The summed E-state index contributed by atoms with van der Waals surface area (Å²) in [5.41, 5.74) is 1.70. The van der Waals surface area contributed by atoms with E-state index in [4.69, 9.17) is 0 Å². The standard InChI is InChI=1S/C21H22FNO3/c1-14-11-12-23(20(14)16-6-4-7-17(22)13-16)19(24)10-9-15-5-2-3-8-18(15)21(25)26/h2-8,13-14,20H,9-12H2,1H3,(H,25,26). The van der Waals surface area contributed by atoms with Crippen LogP contribution < -0.4 is 0 Å². The number of aromatic carboxylic acids is 1. The second-order valence-corrected chi connectivity index (χ2v) is 6.82. The van der Waals surface area contributed by atoms with Gasteiger partial charge >= 0.3 is 5.97 Å². The zero-order valence-electron chi connectivity index (χ0n) is 14.7. The van der Waals surface area contributed by atoms with E-state index < -0.39 is 5.97 Å². The maximum absolute atomic E-state index is 13.6. The fourth-order valence-corrected chi connectivity index (χ4v) is 3.76. The number of carbonyl (C=O) groups is 2. The van der Waals surface area contributed by atoms with Gasteiger partial charge in [0.15, 0.2) is 0 Å². The first kappa shape index (κ1) is 18.1. The van der Waals surface area contributed by atoms with Gasteiger partial charge < -0.3 is 10.0 Å². The zero-order chi connectivity index (χ0) is 18.7. The van der Waals surface area contributed by atoms with Crippen molar-refractivity contribution in [1.29, 1.82) is 0 Å². The van der Waals surface area contributed by atoms with Crippen LogP contribution in [-0.4, -0.2) is 28.4 Å². The Bertz CT molecular complexity index is 820. The lowest BCUT2D eigenvalue weighted by Crippen LogP contribution is -2.32. The second kappa shape index (κ2) is 7.68. The topological polar surface area (TPSA) is 57.6 Å². The number of halogens is 1. The van der Waals surface area contributed by atoms with Crippen molar-refractivity contribution >= 4 is 11.9 Å². The van der Waals surface area contributed by atoms with Crippen LogP contribution in [0.1, 0.15) is 47.3 Å². The monoisotopic (exact) mass is 355 g/mol. The minimum atomic E-state index is -0.986. The van der Waals surface area contributed by atoms with Crippen molar-refractivity contribution in [2.75, 3.05) is 6.54 Å². The van der Waals surface area contributed by atoms with E-state index in [1.54, 1.807) is 30.3 Å². The first-order valence-corrected chi connectivity index (χ1v) is 8.83. The van der Waals surface area contributed by atoms with Gasteiger partial charge in [-0.25, -0.2) is 9.18 Å². The first-order chi connectivity index (χ1) is 12.5. The summed E-state index contributed by atoms with van der Waals surface area (Å²) in [5, 5.41) is 9.26. The third kappa shape index (κ3) is 3.77. The Morgan fingerprint density at radius 3 is 2.69 bits per heavy atom. The van der Waals surface area contributed by atoms with E-state index in [-0.39, 0.29) is 35.7 Å². The van der Waals surface area contributed by atoms with E-state index in [2.05, 4.69) is 6.92 Å². The number of nitrogens with zero attached hydrogens (tertiary/aromatic N) is 1. The number of carbonyl (C=O) groups excluding carboxylic acids is 1. The molecule has 0 spiro atoms. The summed E-state index contributed by atoms with van der Waals surface area (Å²) in [4.78, 5) is 25.9. The van der Waals surface area contributed by atoms with Gasteiger partial charge in [-0.2, -0.15) is 0 Å². The molecule has 1 amide bonds. The maximum Gasteiger partial charge on any atom is 0.335 e. The lowest BCUT2D eigenvalue weighted by atomic mass is 9.95. The maximum atomic E-state index is 13.6. The SMILES string of the molecule is CC1CCN(C(=O)CCc2ccccc2C(=O)O)C1c1cccc(F)c1. The summed E-state index contributed by atoms with van der Waals surface area (Å²) in [6, 6.07) is 13.0. The van der Waals surface area contributed by atoms with Gasteiger partial charge in [-0.05, 0) is 48.1 Å². The van der Waals surface area contributed by atoms with E-state index in [0.29, 0.717) is 18.5 Å². The summed E-state index contributed by atoms with van der Waals surface area (Å²) in [6.07, 6.45) is 1.49. The van der Waals surface area contributed by atoms with E-state index in [9.17, 15) is 19.1 Å². The number of aryl methyl sites for hydroxylation is 1. The van der Waals surface area contributed by atoms with Crippen molar-refractivity contribution in [3.05, 3.63) is 71.0 Å². The number of likely N-dealkylation sites (tertiary alicyclic amines) is 1. The third-order valence-corrected chi connectivity index (χ3v) is 5.07. The van der Waals surface area contributed by atoms with Crippen LogP contribution in [0.15, 0.2) is 48.5 Å². The molecule has 0 bridgehead atoms. The van der Waals surface area contributed by atoms with Crippen molar-refractivity contribution in [3.63, 3.8) is 0 Å². The highest BCUT2D eigenvalue weighted by atomic mass is 19.1. The highest BCUT2D eigenvalue weighted by Crippen LogP contribution is 2.37. The van der Waals surface area contributed by atoms with Gasteiger partial charge in [0.05, 0.1) is 11.6 Å². The summed E-state index contributed by atoms with van der Waals surface area (Å²) in [7, 11) is 0. The smallest absolute Gasteiger partial charge is 0.335 e. The fourth-order valence-electron chi connectivity index (χ4n) is 3.76. The summed E-state index contributed by atoms with van der Waals surface area (Å²) < 4.78 is 13.6. The van der Waals surface area contributed by atoms with Crippen LogP contribution in [0.3, 0.4) is 0 Å². The molecule has 0 aromatic heterocycles. The molecule has 136 valence electrons. The fraction of sp³-hybridized carbons (Fsp3) is 0.333. The van der Waals surface area contributed by atoms with Gasteiger partial charge in [0.1, 0.15) is 5.82 Å². The Balaban J connectivity index is 1.74. The van der Waals surface area contributed by atoms with E-state index in [0.717, 1.165) is 12.0 Å². The Hall–Kier alpha value is -2.69. The predicted octanol–water partition coefficient (Wildman–Crippen LogP) is 4.07. The molecule has 1 heterocycles. The summed E-state index contributed by atoms with van der Waals surface area (Å²) >= 11 is 0. The number of benzene rings is 2. The van der Waals surface area contributed by atoms with Crippen LogP contribution in [0.5, 0.6) is 0 Å². The molecule has 1 N–H and O–H groups in total. The van der Waals surface area contributed by atoms with Crippen LogP contribution in [-0.2, 0) is 11.2 Å². The third-order valence-electron chi connectivity index (χ3n) is 5.07. The zero-order valence-corrected chi connectivity index (χ0v) is 14.7. The van der Waals surface area contributed by atoms with Crippen molar-refractivity contribution < 1.29 is 19.1 Å². The molecule has 4 nitrogen and oxygen atoms in total. The molecule has 2 unspecified atom stereocenters. The molecular formula is C21H22FNO3. The summed E-state index contributed by atoms with van der Waals surface area (Å²) in [5.74, 6) is -1.05. The Kier molecular flexibility index (Phi) is 5.35. The number of hydrogen-bond acceptors (Lipinski definition) is 2. The lowest BCUT2D eigenvalue weighted by Gasteiger charge is -2.27. The molecule has 1 aliphatic heterocycles. The van der Waals surface area contributed by atoms with E-state index in [1.807, 2.05) is 11.0 Å². The van der Waals surface area contributed by atoms with Crippen molar-refractivity contribution in [3.8, 4) is 0 Å². The van der Waals surface area contributed by atoms with Crippen LogP contribution in [0.25, 0.3) is 0 Å². The summed E-state index contributed by atoms with van der Waals surface area (Å²) in [6.45, 7) is 2.71. The van der Waals surface area contributed by atoms with Crippen molar-refractivity contribution in [1.82, 2.24) is 4.90 Å². The number of carboxylic acids is 1. The molecule has 26 heavy (non-hydrogen) atoms. The largest absolute Gasteiger partial charge is 0.478 e. The molecule has 2 atom stereocenters.